The van der Waals surface area contributed by atoms with Crippen molar-refractivity contribution in [3.8, 4) is 23.2 Å². The number of nitrogens with zero attached hydrogens (tertiary/aromatic N) is 5. The van der Waals surface area contributed by atoms with E-state index < -0.39 is 11.7 Å². The van der Waals surface area contributed by atoms with E-state index in [4.69, 9.17) is 25.4 Å². The van der Waals surface area contributed by atoms with Gasteiger partial charge in [0.15, 0.2) is 0 Å². The van der Waals surface area contributed by atoms with Crippen molar-refractivity contribution < 1.29 is 27.8 Å². The topological polar surface area (TPSA) is 129 Å². The molecule has 12 heteroatoms. The fourth-order valence-electron chi connectivity index (χ4n) is 5.64. The van der Waals surface area contributed by atoms with Crippen molar-refractivity contribution in [3.05, 3.63) is 65.4 Å². The van der Waals surface area contributed by atoms with Crippen molar-refractivity contribution in [2.24, 2.45) is 5.73 Å². The van der Waals surface area contributed by atoms with Gasteiger partial charge < -0.3 is 25.4 Å². The number of rotatable bonds is 6. The first-order valence-electron chi connectivity index (χ1n) is 13.2. The molecule has 1 fully saturated rings. The molecule has 41 heavy (non-hydrogen) atoms. The van der Waals surface area contributed by atoms with Crippen molar-refractivity contribution in [2.75, 3.05) is 49.1 Å². The molecule has 2 aliphatic rings. The van der Waals surface area contributed by atoms with E-state index >= 15 is 0 Å². The molecule has 5 rings (SSSR count). The largest absolute Gasteiger partial charge is 0.483 e. The number of anilines is 2. The summed E-state index contributed by atoms with van der Waals surface area (Å²) in [5.74, 6) is 1.44. The predicted molar refractivity (Wildman–Crippen MR) is 148 cm³/mol. The maximum absolute atomic E-state index is 13.2. The molecule has 216 valence electrons. The fraction of sp³-hybridized carbons (Fsp3) is 0.379. The monoisotopic (exact) mass is 568 g/mol. The number of alkyl halides is 3. The van der Waals surface area contributed by atoms with Gasteiger partial charge in [-0.05, 0) is 56.2 Å². The fourth-order valence-corrected chi connectivity index (χ4v) is 5.64. The van der Waals surface area contributed by atoms with Crippen LogP contribution < -0.4 is 20.3 Å². The number of aromatic nitrogens is 2. The molecule has 1 spiro atoms. The summed E-state index contributed by atoms with van der Waals surface area (Å²) in [5.41, 5.74) is 8.34. The van der Waals surface area contributed by atoms with Gasteiger partial charge in [-0.15, -0.1) is 0 Å². The van der Waals surface area contributed by atoms with Crippen LogP contribution in [0.15, 0.2) is 48.7 Å². The highest BCUT2D eigenvalue weighted by Gasteiger charge is 2.45. The highest BCUT2D eigenvalue weighted by molar-refractivity contribution is 5.70. The highest BCUT2D eigenvalue weighted by Crippen LogP contribution is 2.48. The summed E-state index contributed by atoms with van der Waals surface area (Å²) in [4.78, 5) is 22.0. The van der Waals surface area contributed by atoms with Crippen LogP contribution in [0, 0.1) is 11.3 Å². The van der Waals surface area contributed by atoms with Gasteiger partial charge in [-0.1, -0.05) is 6.07 Å². The van der Waals surface area contributed by atoms with Crippen LogP contribution in [0.5, 0.6) is 5.88 Å². The Kier molecular flexibility index (Phi) is 8.98. The Morgan fingerprint density at radius 3 is 2.59 bits per heavy atom. The molecule has 0 radical (unpaired) electrons. The first-order valence-corrected chi connectivity index (χ1v) is 13.2. The molecule has 4 heterocycles. The Morgan fingerprint density at radius 1 is 1.22 bits per heavy atom. The van der Waals surface area contributed by atoms with Gasteiger partial charge in [0.05, 0.1) is 34.7 Å². The lowest BCUT2D eigenvalue weighted by Gasteiger charge is -2.41. The molecule has 0 amide bonds. The van der Waals surface area contributed by atoms with Crippen LogP contribution in [0.4, 0.5) is 24.7 Å². The second-order valence-corrected chi connectivity index (χ2v) is 9.78. The molecule has 0 unspecified atom stereocenters. The first kappa shape index (κ1) is 29.6. The van der Waals surface area contributed by atoms with E-state index in [1.807, 2.05) is 36.1 Å². The maximum atomic E-state index is 13.2. The summed E-state index contributed by atoms with van der Waals surface area (Å²) in [6.07, 6.45) is -1.23. The third kappa shape index (κ3) is 6.05. The zero-order valence-corrected chi connectivity index (χ0v) is 22.6. The number of nitriles is 1. The summed E-state index contributed by atoms with van der Waals surface area (Å²) in [6, 6.07) is 13.3. The predicted octanol–water partition coefficient (Wildman–Crippen LogP) is 4.45. The summed E-state index contributed by atoms with van der Waals surface area (Å²) in [6.45, 7) is 5.33. The standard InChI is InChI=1S/C28H29F3N6O.CH2O2/c1-2-38-26-21(4-3-12-34-26)23-7-6-22-25(35-23)37(15-11-32)18-27(22)9-13-36(14-10-27)24-8-5-20(28(29,30)31)16-19(24)17-33;2-1-3/h3-8,12,16H,2,9-11,13-15,18,32H2,1H3;1H,(H,2,3). The number of nitrogens with two attached hydrogens (primary N) is 1. The van der Waals surface area contributed by atoms with Gasteiger partial charge >= 0.3 is 6.18 Å². The van der Waals surface area contributed by atoms with Gasteiger partial charge in [0, 0.05) is 49.9 Å². The number of pyridine rings is 2. The molecule has 2 aliphatic heterocycles. The molecule has 0 aliphatic carbocycles. The zero-order chi connectivity index (χ0) is 29.6. The molecule has 3 aromatic rings. The van der Waals surface area contributed by atoms with Gasteiger partial charge in [-0.3, -0.25) is 4.79 Å². The van der Waals surface area contributed by atoms with Crippen LogP contribution in [0.1, 0.15) is 36.5 Å². The van der Waals surface area contributed by atoms with E-state index in [1.165, 1.54) is 6.07 Å². The van der Waals surface area contributed by atoms with Crippen LogP contribution in [-0.4, -0.2) is 60.9 Å². The summed E-state index contributed by atoms with van der Waals surface area (Å²) in [5, 5.41) is 16.4. The Hall–Kier alpha value is -4.37. The number of fused-ring (bicyclic) bond motifs is 2. The van der Waals surface area contributed by atoms with Crippen molar-refractivity contribution in [1.82, 2.24) is 9.97 Å². The average Bonchev–Trinajstić information content (AvgIpc) is 3.25. The van der Waals surface area contributed by atoms with E-state index in [1.54, 1.807) is 6.20 Å². The van der Waals surface area contributed by atoms with Crippen molar-refractivity contribution in [1.29, 1.82) is 5.26 Å². The normalized spacial score (nSPS) is 15.5. The Balaban J connectivity index is 0.00000124. The average molecular weight is 569 g/mol. The molecule has 9 nitrogen and oxygen atoms in total. The van der Waals surface area contributed by atoms with Gasteiger partial charge in [-0.2, -0.15) is 18.4 Å². The van der Waals surface area contributed by atoms with Gasteiger partial charge in [0.2, 0.25) is 5.88 Å². The molecule has 1 aromatic carbocycles. The molecule has 0 bridgehead atoms. The van der Waals surface area contributed by atoms with Crippen LogP contribution in [0.3, 0.4) is 0 Å². The number of carbonyl (C=O) groups is 1. The second kappa shape index (κ2) is 12.4. The lowest BCUT2D eigenvalue weighted by Crippen LogP contribution is -2.46. The Labute approximate surface area is 236 Å². The lowest BCUT2D eigenvalue weighted by atomic mass is 9.74. The van der Waals surface area contributed by atoms with E-state index in [0.717, 1.165) is 54.2 Å². The molecule has 0 atom stereocenters. The molecule has 3 N–H and O–H groups in total. The number of ether oxygens (including phenoxy) is 1. The number of halogens is 3. The van der Waals surface area contributed by atoms with Crippen LogP contribution >= 0.6 is 0 Å². The van der Waals surface area contributed by atoms with Crippen LogP contribution in [-0.2, 0) is 16.4 Å². The Morgan fingerprint density at radius 2 is 1.95 bits per heavy atom. The maximum Gasteiger partial charge on any atom is 0.416 e. The third-order valence-corrected chi connectivity index (χ3v) is 7.47. The van der Waals surface area contributed by atoms with E-state index in [0.29, 0.717) is 44.4 Å². The molecular formula is C29H31F3N6O3. The molecular weight excluding hydrogens is 537 g/mol. The van der Waals surface area contributed by atoms with Crippen molar-refractivity contribution in [2.45, 2.75) is 31.4 Å². The van der Waals surface area contributed by atoms with Crippen LogP contribution in [0.2, 0.25) is 0 Å². The van der Waals surface area contributed by atoms with Gasteiger partial charge in [0.25, 0.3) is 6.47 Å². The first-order chi connectivity index (χ1) is 19.7. The van der Waals surface area contributed by atoms with E-state index in [9.17, 15) is 18.4 Å². The summed E-state index contributed by atoms with van der Waals surface area (Å²) in [7, 11) is 0. The number of carboxylic acid groups (broad SMARTS) is 1. The molecule has 0 saturated carbocycles. The minimum Gasteiger partial charge on any atom is -0.483 e. The number of hydrogen-bond acceptors (Lipinski definition) is 8. The minimum atomic E-state index is -4.48. The van der Waals surface area contributed by atoms with Gasteiger partial charge in [0.1, 0.15) is 11.9 Å². The lowest BCUT2D eigenvalue weighted by molar-refractivity contribution is -0.137. The molecule has 2 aromatic heterocycles. The van der Waals surface area contributed by atoms with Crippen molar-refractivity contribution >= 4 is 18.0 Å². The number of piperidine rings is 1. The molecule has 1 saturated heterocycles. The van der Waals surface area contributed by atoms with E-state index in [2.05, 4.69) is 16.0 Å². The summed E-state index contributed by atoms with van der Waals surface area (Å²) < 4.78 is 45.2. The van der Waals surface area contributed by atoms with Crippen LogP contribution in [0.25, 0.3) is 11.3 Å². The van der Waals surface area contributed by atoms with Gasteiger partial charge in [-0.25, -0.2) is 9.97 Å². The number of benzene rings is 1. The number of hydrogen-bond donors (Lipinski definition) is 2. The summed E-state index contributed by atoms with van der Waals surface area (Å²) >= 11 is 0. The third-order valence-electron chi connectivity index (χ3n) is 7.47. The zero-order valence-electron chi connectivity index (χ0n) is 22.6. The second-order valence-electron chi connectivity index (χ2n) is 9.78. The Bertz CT molecular complexity index is 1420. The highest BCUT2D eigenvalue weighted by atomic mass is 19.4. The SMILES string of the molecule is CCOc1ncccc1-c1ccc2c(n1)N(CCN)CC21CCN(c2ccc(C(F)(F)F)cc2C#N)CC1.O=CO. The van der Waals surface area contributed by atoms with E-state index in [-0.39, 0.29) is 17.5 Å². The quantitative estimate of drug-likeness (QED) is 0.415. The van der Waals surface area contributed by atoms with Crippen molar-refractivity contribution in [3.63, 3.8) is 0 Å². The minimum absolute atomic E-state index is 0.0419. The smallest absolute Gasteiger partial charge is 0.416 e.